The van der Waals surface area contributed by atoms with Crippen LogP contribution in [0.3, 0.4) is 0 Å². The van der Waals surface area contributed by atoms with Gasteiger partial charge in [0.2, 0.25) is 5.91 Å². The normalized spacial score (nSPS) is 23.4. The van der Waals surface area contributed by atoms with Crippen LogP contribution in [0.15, 0.2) is 18.2 Å². The van der Waals surface area contributed by atoms with Crippen LogP contribution < -0.4 is 10.6 Å². The predicted molar refractivity (Wildman–Crippen MR) is 109 cm³/mol. The van der Waals surface area contributed by atoms with Crippen LogP contribution in [-0.4, -0.2) is 58.5 Å². The quantitative estimate of drug-likeness (QED) is 0.712. The molecule has 1 amide bonds. The fourth-order valence-electron chi connectivity index (χ4n) is 4.45. The van der Waals surface area contributed by atoms with Gasteiger partial charge in [-0.05, 0) is 51.7 Å². The average Bonchev–Trinajstić information content (AvgIpc) is 3.05. The van der Waals surface area contributed by atoms with Crippen LogP contribution in [0.2, 0.25) is 0 Å². The summed E-state index contributed by atoms with van der Waals surface area (Å²) in [5.41, 5.74) is 2.12. The van der Waals surface area contributed by atoms with E-state index in [-0.39, 0.29) is 24.4 Å². The summed E-state index contributed by atoms with van der Waals surface area (Å²) in [5, 5.41) is 14.5. The smallest absolute Gasteiger partial charge is 0.239 e. The van der Waals surface area contributed by atoms with Gasteiger partial charge in [-0.25, -0.2) is 0 Å². The molecule has 0 unspecified atom stereocenters. The standard InChI is InChI=1S/C21H29N5O2/c1-13-3-8-19-18(9-13)21(25-24-19)22-10-20(28)23-16-11-26(12-16)17-6-4-15(5-7-17)14(2)27/h3,8-9,15-17H,4-7,10-12H2,1-2H3,(H,23,28)(H2,22,24,25)/t15-,17+. The molecule has 7 nitrogen and oxygen atoms in total. The van der Waals surface area contributed by atoms with Crippen molar-refractivity contribution in [2.24, 2.45) is 5.92 Å². The Balaban J connectivity index is 1.20. The van der Waals surface area contributed by atoms with E-state index in [1.807, 2.05) is 19.1 Å². The lowest BCUT2D eigenvalue weighted by molar-refractivity contribution is -0.123. The van der Waals surface area contributed by atoms with Crippen molar-refractivity contribution in [2.45, 2.75) is 51.6 Å². The van der Waals surface area contributed by atoms with Gasteiger partial charge in [-0.15, -0.1) is 0 Å². The maximum absolute atomic E-state index is 12.3. The molecule has 28 heavy (non-hydrogen) atoms. The molecule has 4 rings (SSSR count). The number of likely N-dealkylation sites (tertiary alicyclic amines) is 1. The molecule has 1 aliphatic heterocycles. The van der Waals surface area contributed by atoms with Crippen molar-refractivity contribution in [3.8, 4) is 0 Å². The van der Waals surface area contributed by atoms with Gasteiger partial charge in [0, 0.05) is 30.4 Å². The fourth-order valence-corrected chi connectivity index (χ4v) is 4.45. The third-order valence-electron chi connectivity index (χ3n) is 6.20. The maximum atomic E-state index is 12.3. The Hall–Kier alpha value is -2.41. The van der Waals surface area contributed by atoms with Crippen molar-refractivity contribution >= 4 is 28.4 Å². The molecular weight excluding hydrogens is 354 g/mol. The van der Waals surface area contributed by atoms with E-state index in [1.165, 1.54) is 0 Å². The van der Waals surface area contributed by atoms with Crippen molar-refractivity contribution < 1.29 is 9.59 Å². The Kier molecular flexibility index (Phi) is 5.35. The van der Waals surface area contributed by atoms with E-state index in [0.717, 1.165) is 55.2 Å². The number of fused-ring (bicyclic) bond motifs is 1. The summed E-state index contributed by atoms with van der Waals surface area (Å²) < 4.78 is 0. The number of carbonyl (C=O) groups excluding carboxylic acids is 2. The molecule has 1 saturated heterocycles. The zero-order valence-corrected chi connectivity index (χ0v) is 16.6. The first kappa shape index (κ1) is 18.9. The number of amides is 1. The number of Topliss-reactive ketones (excluding diaryl/α,β-unsaturated/α-hetero) is 1. The van der Waals surface area contributed by atoms with E-state index in [0.29, 0.717) is 17.6 Å². The molecule has 1 aromatic heterocycles. The molecule has 0 bridgehead atoms. The Labute approximate surface area is 165 Å². The van der Waals surface area contributed by atoms with Crippen molar-refractivity contribution in [3.05, 3.63) is 23.8 Å². The molecule has 0 radical (unpaired) electrons. The van der Waals surface area contributed by atoms with Crippen LogP contribution in [-0.2, 0) is 9.59 Å². The van der Waals surface area contributed by atoms with Gasteiger partial charge >= 0.3 is 0 Å². The zero-order valence-electron chi connectivity index (χ0n) is 16.6. The molecule has 2 heterocycles. The van der Waals surface area contributed by atoms with E-state index < -0.39 is 0 Å². The van der Waals surface area contributed by atoms with E-state index in [1.54, 1.807) is 6.92 Å². The second-order valence-corrected chi connectivity index (χ2v) is 8.31. The van der Waals surface area contributed by atoms with E-state index in [4.69, 9.17) is 0 Å². The molecule has 1 aromatic carbocycles. The Morgan fingerprint density at radius 2 is 1.96 bits per heavy atom. The van der Waals surface area contributed by atoms with Gasteiger partial charge in [0.05, 0.1) is 18.1 Å². The lowest BCUT2D eigenvalue weighted by atomic mass is 9.82. The minimum absolute atomic E-state index is 0.00580. The average molecular weight is 383 g/mol. The summed E-state index contributed by atoms with van der Waals surface area (Å²) in [4.78, 5) is 26.2. The number of benzene rings is 1. The molecule has 0 spiro atoms. The molecule has 2 fully saturated rings. The number of nitrogens with zero attached hydrogens (tertiary/aromatic N) is 2. The van der Waals surface area contributed by atoms with Gasteiger partial charge < -0.3 is 10.6 Å². The summed E-state index contributed by atoms with van der Waals surface area (Å²) in [5.74, 6) is 1.31. The van der Waals surface area contributed by atoms with Gasteiger partial charge in [-0.1, -0.05) is 11.6 Å². The molecule has 2 aliphatic rings. The van der Waals surface area contributed by atoms with Crippen LogP contribution in [0.1, 0.15) is 38.2 Å². The lowest BCUT2D eigenvalue weighted by Gasteiger charge is -2.46. The molecule has 1 aliphatic carbocycles. The predicted octanol–water partition coefficient (Wildman–Crippen LogP) is 2.23. The molecule has 3 N–H and O–H groups in total. The number of aromatic amines is 1. The number of nitrogens with one attached hydrogen (secondary N) is 3. The first-order valence-electron chi connectivity index (χ1n) is 10.2. The SMILES string of the molecule is Cc1ccc2[nH]nc(NCC(=O)NC3CN([C@H]4CC[C@@H](C(C)=O)CC4)C3)c2c1. The van der Waals surface area contributed by atoms with Crippen molar-refractivity contribution in [1.29, 1.82) is 0 Å². The summed E-state index contributed by atoms with van der Waals surface area (Å²) in [6.45, 7) is 5.78. The Morgan fingerprint density at radius 1 is 1.21 bits per heavy atom. The molecule has 7 heteroatoms. The van der Waals surface area contributed by atoms with E-state index >= 15 is 0 Å². The number of hydrogen-bond donors (Lipinski definition) is 3. The lowest BCUT2D eigenvalue weighted by Crippen LogP contribution is -2.63. The van der Waals surface area contributed by atoms with Gasteiger partial charge in [-0.3, -0.25) is 19.6 Å². The third-order valence-corrected chi connectivity index (χ3v) is 6.20. The van der Waals surface area contributed by atoms with Crippen molar-refractivity contribution in [3.63, 3.8) is 0 Å². The minimum atomic E-state index is -0.00580. The summed E-state index contributed by atoms with van der Waals surface area (Å²) >= 11 is 0. The molecule has 0 atom stereocenters. The molecule has 1 saturated carbocycles. The monoisotopic (exact) mass is 383 g/mol. The summed E-state index contributed by atoms with van der Waals surface area (Å²) in [6, 6.07) is 6.88. The highest BCUT2D eigenvalue weighted by atomic mass is 16.2. The highest BCUT2D eigenvalue weighted by Crippen LogP contribution is 2.30. The van der Waals surface area contributed by atoms with Crippen LogP contribution in [0.5, 0.6) is 0 Å². The first-order chi connectivity index (χ1) is 13.5. The minimum Gasteiger partial charge on any atom is -0.359 e. The number of aromatic nitrogens is 2. The maximum Gasteiger partial charge on any atom is 0.239 e. The van der Waals surface area contributed by atoms with Crippen LogP contribution in [0, 0.1) is 12.8 Å². The van der Waals surface area contributed by atoms with Crippen LogP contribution in [0.25, 0.3) is 10.9 Å². The van der Waals surface area contributed by atoms with Gasteiger partial charge in [0.25, 0.3) is 0 Å². The molecular formula is C21H29N5O2. The topological polar surface area (TPSA) is 90.1 Å². The van der Waals surface area contributed by atoms with Crippen LogP contribution >= 0.6 is 0 Å². The molecule has 2 aromatic rings. The number of ketones is 1. The van der Waals surface area contributed by atoms with E-state index in [9.17, 15) is 9.59 Å². The highest BCUT2D eigenvalue weighted by Gasteiger charge is 2.35. The van der Waals surface area contributed by atoms with Crippen molar-refractivity contribution in [2.75, 3.05) is 25.0 Å². The van der Waals surface area contributed by atoms with Crippen molar-refractivity contribution in [1.82, 2.24) is 20.4 Å². The molecule has 150 valence electrons. The zero-order chi connectivity index (χ0) is 19.7. The Morgan fingerprint density at radius 3 is 2.68 bits per heavy atom. The number of hydrogen-bond acceptors (Lipinski definition) is 5. The Bertz CT molecular complexity index is 863. The second-order valence-electron chi connectivity index (χ2n) is 8.31. The van der Waals surface area contributed by atoms with E-state index in [2.05, 4.69) is 31.8 Å². The number of H-pyrrole nitrogens is 1. The highest BCUT2D eigenvalue weighted by molar-refractivity contribution is 5.92. The van der Waals surface area contributed by atoms with Gasteiger partial charge in [0.15, 0.2) is 5.82 Å². The van der Waals surface area contributed by atoms with Gasteiger partial charge in [0.1, 0.15) is 5.78 Å². The van der Waals surface area contributed by atoms with Gasteiger partial charge in [-0.2, -0.15) is 5.10 Å². The number of anilines is 1. The number of carbonyl (C=O) groups is 2. The summed E-state index contributed by atoms with van der Waals surface area (Å²) in [6.07, 6.45) is 4.21. The fraction of sp³-hybridized carbons (Fsp3) is 0.571. The van der Waals surface area contributed by atoms with Crippen LogP contribution in [0.4, 0.5) is 5.82 Å². The summed E-state index contributed by atoms with van der Waals surface area (Å²) in [7, 11) is 0. The third kappa shape index (κ3) is 4.04. The first-order valence-corrected chi connectivity index (χ1v) is 10.2. The second kappa shape index (κ2) is 7.91. The largest absolute Gasteiger partial charge is 0.359 e. The number of aryl methyl sites for hydroxylation is 1. The number of rotatable bonds is 6.